The first-order valence-electron chi connectivity index (χ1n) is 9.85. The van der Waals surface area contributed by atoms with Gasteiger partial charge in [-0.25, -0.2) is 9.78 Å². The van der Waals surface area contributed by atoms with E-state index < -0.39 is 24.3 Å². The lowest BCUT2D eigenvalue weighted by molar-refractivity contribution is -0.139. The highest BCUT2D eigenvalue weighted by atomic mass is 32.2. The molecule has 0 fully saturated rings. The topological polar surface area (TPSA) is 59.4 Å². The van der Waals surface area contributed by atoms with Gasteiger partial charge in [0.1, 0.15) is 10.8 Å². The number of ether oxygens (including phenoxy) is 1. The third-order valence-corrected chi connectivity index (χ3v) is 7.40. The summed E-state index contributed by atoms with van der Waals surface area (Å²) >= 11 is 3.08. The summed E-state index contributed by atoms with van der Waals surface area (Å²) in [5, 5.41) is 11.4. The minimum absolute atomic E-state index is 0.413. The molecule has 0 atom stereocenters. The zero-order valence-electron chi connectivity index (χ0n) is 17.3. The van der Waals surface area contributed by atoms with Gasteiger partial charge in [-0.05, 0) is 36.6 Å². The van der Waals surface area contributed by atoms with Crippen molar-refractivity contribution in [2.75, 3.05) is 6.61 Å². The Morgan fingerprint density at radius 3 is 2.42 bits per heavy atom. The van der Waals surface area contributed by atoms with Crippen LogP contribution in [0.15, 0.2) is 65.6 Å². The summed E-state index contributed by atoms with van der Waals surface area (Å²) in [5.74, 6) is 0.113. The molecule has 33 heavy (non-hydrogen) atoms. The number of aromatic nitrogens is 1. The maximum Gasteiger partial charge on any atom is 0.416 e. The van der Waals surface area contributed by atoms with Gasteiger partial charge in [-0.3, -0.25) is 0 Å². The van der Waals surface area contributed by atoms with E-state index in [4.69, 9.17) is 9.84 Å². The van der Waals surface area contributed by atoms with Crippen molar-refractivity contribution in [2.45, 2.75) is 23.7 Å². The summed E-state index contributed by atoms with van der Waals surface area (Å²) in [5.41, 5.74) is 0.809. The van der Waals surface area contributed by atoms with Gasteiger partial charge in [0, 0.05) is 26.5 Å². The second kappa shape index (κ2) is 9.44. The van der Waals surface area contributed by atoms with E-state index in [1.165, 1.54) is 23.5 Å². The van der Waals surface area contributed by atoms with Crippen LogP contribution in [0.5, 0.6) is 5.75 Å². The molecule has 3 aromatic carbocycles. The van der Waals surface area contributed by atoms with E-state index in [-0.39, 0.29) is 0 Å². The third kappa shape index (κ3) is 5.31. The molecular formula is C24H18F3NO3S2. The number of rotatable bonds is 7. The molecule has 0 spiro atoms. The fourth-order valence-corrected chi connectivity index (χ4v) is 5.53. The van der Waals surface area contributed by atoms with Crippen molar-refractivity contribution in [1.82, 2.24) is 4.98 Å². The summed E-state index contributed by atoms with van der Waals surface area (Å²) < 4.78 is 43.9. The van der Waals surface area contributed by atoms with Crippen LogP contribution in [-0.2, 0) is 16.7 Å². The number of fused-ring (bicyclic) bond motifs is 1. The quantitative estimate of drug-likeness (QED) is 0.282. The molecule has 0 saturated heterocycles. The van der Waals surface area contributed by atoms with Gasteiger partial charge in [0.25, 0.3) is 0 Å². The Morgan fingerprint density at radius 2 is 1.76 bits per heavy atom. The highest BCUT2D eigenvalue weighted by Gasteiger charge is 2.30. The molecule has 0 radical (unpaired) electrons. The molecule has 1 heterocycles. The van der Waals surface area contributed by atoms with Crippen LogP contribution in [0.25, 0.3) is 21.3 Å². The lowest BCUT2D eigenvalue weighted by atomic mass is 10.1. The Bertz CT molecular complexity index is 1300. The average molecular weight is 490 g/mol. The first-order chi connectivity index (χ1) is 15.7. The fourth-order valence-electron chi connectivity index (χ4n) is 3.27. The van der Waals surface area contributed by atoms with Crippen LogP contribution in [0, 0.1) is 6.92 Å². The van der Waals surface area contributed by atoms with Gasteiger partial charge in [0.05, 0.1) is 11.3 Å². The average Bonchev–Trinajstić information content (AvgIpc) is 3.16. The summed E-state index contributed by atoms with van der Waals surface area (Å²) in [6, 6.07) is 16.3. The minimum atomic E-state index is -4.36. The highest BCUT2D eigenvalue weighted by Crippen LogP contribution is 2.38. The van der Waals surface area contributed by atoms with Crippen molar-refractivity contribution < 1.29 is 27.8 Å². The Kier molecular flexibility index (Phi) is 6.62. The molecule has 170 valence electrons. The number of thiazole rings is 1. The largest absolute Gasteiger partial charge is 0.481 e. The fraction of sp³-hybridized carbons (Fsp3) is 0.167. The normalized spacial score (nSPS) is 11.6. The van der Waals surface area contributed by atoms with Crippen molar-refractivity contribution in [3.63, 3.8) is 0 Å². The monoisotopic (exact) mass is 489 g/mol. The Hall–Kier alpha value is -3.04. The molecule has 4 aromatic rings. The van der Waals surface area contributed by atoms with E-state index in [2.05, 4.69) is 4.98 Å². The number of aliphatic carboxylic acids is 1. The van der Waals surface area contributed by atoms with Crippen molar-refractivity contribution in [3.8, 4) is 16.3 Å². The smallest absolute Gasteiger partial charge is 0.416 e. The number of thioether (sulfide) groups is 1. The number of nitrogens with zero attached hydrogens (tertiary/aromatic N) is 1. The lowest BCUT2D eigenvalue weighted by Gasteiger charge is -2.11. The van der Waals surface area contributed by atoms with Crippen LogP contribution in [0.3, 0.4) is 0 Å². The zero-order chi connectivity index (χ0) is 23.6. The van der Waals surface area contributed by atoms with Crippen LogP contribution >= 0.6 is 23.1 Å². The molecule has 0 amide bonds. The number of halogens is 3. The maximum absolute atomic E-state index is 12.8. The van der Waals surface area contributed by atoms with Crippen LogP contribution in [0.1, 0.15) is 16.1 Å². The SMILES string of the molecule is Cc1nc(-c2ccc(C(F)(F)F)cc2)sc1CSc1ccc(OCC(=O)O)c2ccccc12. The number of benzene rings is 3. The number of aryl methyl sites for hydroxylation is 1. The van der Waals surface area contributed by atoms with E-state index in [0.717, 1.165) is 38.4 Å². The standard InChI is InChI=1S/C24H18F3NO3S2/c1-14-21(33-23(28-14)15-6-8-16(9-7-15)24(25,26)27)13-32-20-11-10-19(31-12-22(29)30)17-4-2-3-5-18(17)20/h2-11H,12-13H2,1H3,(H,29,30). The molecule has 0 unspecified atom stereocenters. The van der Waals surface area contributed by atoms with Gasteiger partial charge in [-0.1, -0.05) is 36.4 Å². The molecule has 0 saturated carbocycles. The second-order valence-corrected chi connectivity index (χ2v) is 9.28. The molecule has 0 bridgehead atoms. The first-order valence-corrected chi connectivity index (χ1v) is 11.7. The summed E-state index contributed by atoms with van der Waals surface area (Å²) in [6.45, 7) is 1.48. The highest BCUT2D eigenvalue weighted by molar-refractivity contribution is 7.98. The van der Waals surface area contributed by atoms with E-state index >= 15 is 0 Å². The number of hydrogen-bond donors (Lipinski definition) is 1. The molecule has 9 heteroatoms. The Morgan fingerprint density at radius 1 is 1.06 bits per heavy atom. The first kappa shape index (κ1) is 23.1. The predicted octanol–water partition coefficient (Wildman–Crippen LogP) is 7.05. The van der Waals surface area contributed by atoms with E-state index in [1.807, 2.05) is 37.3 Å². The summed E-state index contributed by atoms with van der Waals surface area (Å²) in [6.07, 6.45) is -4.36. The van der Waals surface area contributed by atoms with Crippen LogP contribution in [0.2, 0.25) is 0 Å². The van der Waals surface area contributed by atoms with Gasteiger partial charge < -0.3 is 9.84 Å². The summed E-state index contributed by atoms with van der Waals surface area (Å²) in [4.78, 5) is 17.4. The molecule has 0 aliphatic carbocycles. The van der Waals surface area contributed by atoms with Gasteiger partial charge in [-0.2, -0.15) is 13.2 Å². The maximum atomic E-state index is 12.8. The molecule has 4 rings (SSSR count). The van der Waals surface area contributed by atoms with Crippen molar-refractivity contribution in [1.29, 1.82) is 0 Å². The predicted molar refractivity (Wildman–Crippen MR) is 124 cm³/mol. The van der Waals surface area contributed by atoms with E-state index in [9.17, 15) is 18.0 Å². The third-order valence-electron chi connectivity index (χ3n) is 4.91. The van der Waals surface area contributed by atoms with E-state index in [1.54, 1.807) is 17.8 Å². The Labute approximate surface area is 196 Å². The number of carbonyl (C=O) groups is 1. The molecule has 1 aromatic heterocycles. The van der Waals surface area contributed by atoms with Crippen molar-refractivity contribution in [2.24, 2.45) is 0 Å². The molecule has 1 N–H and O–H groups in total. The van der Waals surface area contributed by atoms with Crippen LogP contribution in [-0.4, -0.2) is 22.7 Å². The molecule has 0 aliphatic heterocycles. The van der Waals surface area contributed by atoms with Gasteiger partial charge in [0.2, 0.25) is 0 Å². The lowest BCUT2D eigenvalue weighted by Crippen LogP contribution is -2.09. The van der Waals surface area contributed by atoms with Gasteiger partial charge in [-0.15, -0.1) is 23.1 Å². The number of carboxylic acids is 1. The molecule has 0 aliphatic rings. The molecular weight excluding hydrogens is 471 g/mol. The number of carboxylic acid groups (broad SMARTS) is 1. The van der Waals surface area contributed by atoms with Crippen molar-refractivity contribution >= 4 is 39.8 Å². The Balaban J connectivity index is 1.54. The number of alkyl halides is 3. The van der Waals surface area contributed by atoms with Gasteiger partial charge >= 0.3 is 12.1 Å². The van der Waals surface area contributed by atoms with Crippen molar-refractivity contribution in [3.05, 3.63) is 76.8 Å². The summed E-state index contributed by atoms with van der Waals surface area (Å²) in [7, 11) is 0. The van der Waals surface area contributed by atoms with Crippen LogP contribution < -0.4 is 4.74 Å². The number of hydrogen-bond acceptors (Lipinski definition) is 5. The molecule has 4 nitrogen and oxygen atoms in total. The van der Waals surface area contributed by atoms with E-state index in [0.29, 0.717) is 22.1 Å². The second-order valence-electron chi connectivity index (χ2n) is 7.18. The van der Waals surface area contributed by atoms with Crippen LogP contribution in [0.4, 0.5) is 13.2 Å². The minimum Gasteiger partial charge on any atom is -0.481 e. The zero-order valence-corrected chi connectivity index (χ0v) is 19.0. The van der Waals surface area contributed by atoms with Gasteiger partial charge in [0.15, 0.2) is 6.61 Å².